The molecule has 8 heteroatoms. The first-order chi connectivity index (χ1) is 8.73. The van der Waals surface area contributed by atoms with Gasteiger partial charge < -0.3 is 15.2 Å². The maximum absolute atomic E-state index is 12.3. The van der Waals surface area contributed by atoms with Crippen LogP contribution in [-0.2, 0) is 16.0 Å². The lowest BCUT2D eigenvalue weighted by molar-refractivity contribution is -0.274. The van der Waals surface area contributed by atoms with Crippen molar-refractivity contribution in [3.8, 4) is 5.75 Å². The van der Waals surface area contributed by atoms with Crippen LogP contribution in [0.5, 0.6) is 5.75 Å². The summed E-state index contributed by atoms with van der Waals surface area (Å²) in [5.41, 5.74) is 5.56. The molecule has 106 valence electrons. The van der Waals surface area contributed by atoms with Gasteiger partial charge >= 0.3 is 12.3 Å². The Morgan fingerprint density at radius 3 is 2.58 bits per heavy atom. The first kappa shape index (κ1) is 15.6. The maximum Gasteiger partial charge on any atom is 0.573 e. The first-order valence-electron chi connectivity index (χ1n) is 5.22. The number of nitrogen functional groups attached to an aromatic ring is 1. The van der Waals surface area contributed by atoms with Crippen LogP contribution >= 0.6 is 15.9 Å². The minimum absolute atomic E-state index is 0.0324. The van der Waals surface area contributed by atoms with E-state index in [1.165, 1.54) is 6.07 Å². The number of anilines is 1. The van der Waals surface area contributed by atoms with Crippen molar-refractivity contribution in [3.63, 3.8) is 0 Å². The third-order valence-corrected chi connectivity index (χ3v) is 2.74. The minimum Gasteiger partial charge on any atom is -0.466 e. The molecule has 0 bridgehead atoms. The zero-order chi connectivity index (χ0) is 14.6. The number of carbonyl (C=O) groups excluding carboxylic acids is 1. The second-order valence-corrected chi connectivity index (χ2v) is 4.36. The number of rotatable bonds is 4. The van der Waals surface area contributed by atoms with E-state index in [1.807, 2.05) is 0 Å². The molecule has 0 spiro atoms. The second-order valence-electron chi connectivity index (χ2n) is 3.51. The van der Waals surface area contributed by atoms with Gasteiger partial charge in [0.15, 0.2) is 0 Å². The van der Waals surface area contributed by atoms with Gasteiger partial charge in [0, 0.05) is 21.8 Å². The molecular weight excluding hydrogens is 331 g/mol. The minimum atomic E-state index is -4.86. The molecule has 1 rings (SSSR count). The van der Waals surface area contributed by atoms with E-state index in [9.17, 15) is 18.0 Å². The van der Waals surface area contributed by atoms with Gasteiger partial charge in [-0.05, 0) is 13.0 Å². The number of hydrogen-bond acceptors (Lipinski definition) is 4. The van der Waals surface area contributed by atoms with Crippen molar-refractivity contribution in [1.82, 2.24) is 0 Å². The highest BCUT2D eigenvalue weighted by molar-refractivity contribution is 9.10. The largest absolute Gasteiger partial charge is 0.573 e. The van der Waals surface area contributed by atoms with E-state index in [2.05, 4.69) is 25.4 Å². The predicted molar refractivity (Wildman–Crippen MR) is 65.6 cm³/mol. The Morgan fingerprint density at radius 2 is 2.05 bits per heavy atom. The normalized spacial score (nSPS) is 11.2. The molecule has 0 unspecified atom stereocenters. The van der Waals surface area contributed by atoms with Gasteiger partial charge in [-0.25, -0.2) is 0 Å². The van der Waals surface area contributed by atoms with Gasteiger partial charge in [0.2, 0.25) is 0 Å². The molecule has 0 heterocycles. The molecule has 0 radical (unpaired) electrons. The van der Waals surface area contributed by atoms with Crippen LogP contribution in [0, 0.1) is 0 Å². The van der Waals surface area contributed by atoms with E-state index >= 15 is 0 Å². The third-order valence-electron chi connectivity index (χ3n) is 2.03. The number of halogens is 4. The number of hydrogen-bond donors (Lipinski definition) is 1. The van der Waals surface area contributed by atoms with Crippen LogP contribution in [0.4, 0.5) is 18.9 Å². The van der Waals surface area contributed by atoms with Gasteiger partial charge in [-0.15, -0.1) is 13.2 Å². The fourth-order valence-electron chi connectivity index (χ4n) is 1.37. The predicted octanol–water partition coefficient (Wildman–Crippen LogP) is 3.04. The molecule has 0 fully saturated rings. The van der Waals surface area contributed by atoms with Crippen LogP contribution in [0.2, 0.25) is 0 Å². The summed E-state index contributed by atoms with van der Waals surface area (Å²) >= 11 is 3.05. The number of carbonyl (C=O) groups is 1. The lowest BCUT2D eigenvalue weighted by Gasteiger charge is -2.15. The Labute approximate surface area is 115 Å². The summed E-state index contributed by atoms with van der Waals surface area (Å²) in [4.78, 5) is 11.4. The fourth-order valence-corrected chi connectivity index (χ4v) is 1.97. The summed E-state index contributed by atoms with van der Waals surface area (Å²) in [6, 6.07) is 2.39. The monoisotopic (exact) mass is 341 g/mol. The molecule has 2 N–H and O–H groups in total. The Bertz CT molecular complexity index is 477. The quantitative estimate of drug-likeness (QED) is 0.675. The Kier molecular flexibility index (Phi) is 5.04. The topological polar surface area (TPSA) is 61.5 Å². The van der Waals surface area contributed by atoms with Crippen molar-refractivity contribution >= 4 is 27.6 Å². The molecule has 4 nitrogen and oxygen atoms in total. The molecule has 1 aromatic rings. The maximum atomic E-state index is 12.3. The van der Waals surface area contributed by atoms with Gasteiger partial charge in [0.1, 0.15) is 5.75 Å². The Balaban J connectivity index is 3.09. The van der Waals surface area contributed by atoms with Crippen LogP contribution < -0.4 is 10.5 Å². The summed E-state index contributed by atoms with van der Waals surface area (Å²) in [5.74, 6) is -1.17. The van der Waals surface area contributed by atoms with Crippen LogP contribution in [-0.4, -0.2) is 18.9 Å². The summed E-state index contributed by atoms with van der Waals surface area (Å²) in [6.07, 6.45) is -5.21. The lowest BCUT2D eigenvalue weighted by Crippen LogP contribution is -2.19. The van der Waals surface area contributed by atoms with E-state index in [1.54, 1.807) is 6.92 Å². The number of ether oxygens (including phenoxy) is 2. The Morgan fingerprint density at radius 1 is 1.42 bits per heavy atom. The molecule has 0 aliphatic heterocycles. The zero-order valence-corrected chi connectivity index (χ0v) is 11.5. The third kappa shape index (κ3) is 4.98. The van der Waals surface area contributed by atoms with Gasteiger partial charge in [-0.2, -0.15) is 0 Å². The van der Waals surface area contributed by atoms with Crippen molar-refractivity contribution in [3.05, 3.63) is 22.2 Å². The van der Waals surface area contributed by atoms with Crippen molar-refractivity contribution in [2.45, 2.75) is 19.7 Å². The molecule has 1 aromatic carbocycles. The number of alkyl halides is 3. The van der Waals surface area contributed by atoms with Crippen LogP contribution in [0.3, 0.4) is 0 Å². The summed E-state index contributed by atoms with van der Waals surface area (Å²) in [6.45, 7) is 1.74. The van der Waals surface area contributed by atoms with E-state index < -0.39 is 18.1 Å². The number of nitrogens with two attached hydrogens (primary N) is 1. The van der Waals surface area contributed by atoms with Gasteiger partial charge in [-0.1, -0.05) is 15.9 Å². The lowest BCUT2D eigenvalue weighted by atomic mass is 10.1. The standard InChI is InChI=1S/C11H11BrF3NO3/c1-2-18-10(17)5-7-8(12)3-6(16)4-9(7)19-11(13,14)15/h3-4H,2,5,16H2,1H3. The van der Waals surface area contributed by atoms with Crippen molar-refractivity contribution in [1.29, 1.82) is 0 Å². The number of benzene rings is 1. The average molecular weight is 342 g/mol. The molecule has 0 aliphatic rings. The highest BCUT2D eigenvalue weighted by atomic mass is 79.9. The number of esters is 1. The smallest absolute Gasteiger partial charge is 0.466 e. The second kappa shape index (κ2) is 6.14. The van der Waals surface area contributed by atoms with Gasteiger partial charge in [0.25, 0.3) is 0 Å². The molecule has 0 aliphatic carbocycles. The Hall–Kier alpha value is -1.44. The molecule has 0 amide bonds. The molecule has 0 atom stereocenters. The van der Waals surface area contributed by atoms with Crippen molar-refractivity contribution in [2.24, 2.45) is 0 Å². The summed E-state index contributed by atoms with van der Waals surface area (Å²) in [5, 5.41) is 0. The first-order valence-corrected chi connectivity index (χ1v) is 6.01. The van der Waals surface area contributed by atoms with Crippen LogP contribution in [0.25, 0.3) is 0 Å². The van der Waals surface area contributed by atoms with Gasteiger partial charge in [-0.3, -0.25) is 4.79 Å². The van der Waals surface area contributed by atoms with E-state index in [4.69, 9.17) is 5.73 Å². The molecule has 0 saturated heterocycles. The highest BCUT2D eigenvalue weighted by Gasteiger charge is 2.33. The van der Waals surface area contributed by atoms with E-state index in [0.717, 1.165) is 6.07 Å². The van der Waals surface area contributed by atoms with E-state index in [0.29, 0.717) is 0 Å². The van der Waals surface area contributed by atoms with Gasteiger partial charge in [0.05, 0.1) is 13.0 Å². The highest BCUT2D eigenvalue weighted by Crippen LogP contribution is 2.34. The summed E-state index contributed by atoms with van der Waals surface area (Å²) < 4.78 is 45.6. The molecular formula is C11H11BrF3NO3. The van der Waals surface area contributed by atoms with Crippen LogP contribution in [0.1, 0.15) is 12.5 Å². The summed E-state index contributed by atoms with van der Waals surface area (Å²) in [7, 11) is 0. The van der Waals surface area contributed by atoms with Crippen molar-refractivity contribution in [2.75, 3.05) is 12.3 Å². The van der Waals surface area contributed by atoms with Crippen molar-refractivity contribution < 1.29 is 27.4 Å². The molecule has 0 aromatic heterocycles. The average Bonchev–Trinajstić information content (AvgIpc) is 2.21. The molecule has 0 saturated carbocycles. The fraction of sp³-hybridized carbons (Fsp3) is 0.364. The van der Waals surface area contributed by atoms with E-state index in [-0.39, 0.29) is 28.8 Å². The SMILES string of the molecule is CCOC(=O)Cc1c(Br)cc(N)cc1OC(F)(F)F. The van der Waals surface area contributed by atoms with Crippen LogP contribution in [0.15, 0.2) is 16.6 Å². The molecule has 19 heavy (non-hydrogen) atoms. The zero-order valence-electron chi connectivity index (χ0n) is 9.88.